The number of rotatable bonds is 7. The zero-order valence-electron chi connectivity index (χ0n) is 14.2. The van der Waals surface area contributed by atoms with Crippen molar-refractivity contribution in [3.05, 3.63) is 59.7 Å². The Balaban J connectivity index is 1.85. The summed E-state index contributed by atoms with van der Waals surface area (Å²) in [5, 5.41) is 6.32. The number of carbonyl (C=O) groups is 1. The van der Waals surface area contributed by atoms with Gasteiger partial charge in [-0.1, -0.05) is 45.0 Å². The smallest absolute Gasteiger partial charge is 0.224 e. The molecule has 0 aliphatic rings. The van der Waals surface area contributed by atoms with Crippen molar-refractivity contribution in [2.75, 3.05) is 10.6 Å². The summed E-state index contributed by atoms with van der Waals surface area (Å²) in [6.07, 6.45) is 1.62. The monoisotopic (exact) mass is 310 g/mol. The maximum Gasteiger partial charge on any atom is 0.224 e. The van der Waals surface area contributed by atoms with E-state index in [1.807, 2.05) is 38.1 Å². The number of anilines is 2. The molecule has 23 heavy (non-hydrogen) atoms. The first-order valence-electron chi connectivity index (χ1n) is 8.28. The SMILES string of the molecule is CCc1ccc(CNc2ccc(NC(=O)CC(C)C)cc2)cc1. The Kier molecular flexibility index (Phi) is 6.21. The van der Waals surface area contributed by atoms with Crippen LogP contribution in [0.15, 0.2) is 48.5 Å². The van der Waals surface area contributed by atoms with E-state index in [0.717, 1.165) is 24.3 Å². The largest absolute Gasteiger partial charge is 0.381 e. The lowest BCUT2D eigenvalue weighted by molar-refractivity contribution is -0.116. The van der Waals surface area contributed by atoms with E-state index in [0.29, 0.717) is 12.3 Å². The van der Waals surface area contributed by atoms with Gasteiger partial charge in [0, 0.05) is 24.3 Å². The zero-order chi connectivity index (χ0) is 16.7. The molecule has 2 N–H and O–H groups in total. The van der Waals surface area contributed by atoms with Crippen LogP contribution in [0.5, 0.6) is 0 Å². The average Bonchev–Trinajstić information content (AvgIpc) is 2.54. The fraction of sp³-hybridized carbons (Fsp3) is 0.350. The third-order valence-electron chi connectivity index (χ3n) is 3.69. The molecule has 0 saturated carbocycles. The molecule has 0 heterocycles. The summed E-state index contributed by atoms with van der Waals surface area (Å²) in [6, 6.07) is 16.5. The van der Waals surface area contributed by atoms with Gasteiger partial charge in [-0.05, 0) is 47.7 Å². The van der Waals surface area contributed by atoms with Crippen LogP contribution in [0.3, 0.4) is 0 Å². The minimum atomic E-state index is 0.0664. The maximum atomic E-state index is 11.7. The molecule has 0 radical (unpaired) electrons. The van der Waals surface area contributed by atoms with Crippen LogP contribution in [0.25, 0.3) is 0 Å². The Hall–Kier alpha value is -2.29. The molecule has 3 nitrogen and oxygen atoms in total. The van der Waals surface area contributed by atoms with Crippen molar-refractivity contribution in [2.45, 2.75) is 40.2 Å². The molecule has 0 unspecified atom stereocenters. The standard InChI is InChI=1S/C20H26N2O/c1-4-16-5-7-17(8-6-16)14-21-18-9-11-19(12-10-18)22-20(23)13-15(2)3/h5-12,15,21H,4,13-14H2,1-3H3,(H,22,23). The molecule has 2 aromatic rings. The second-order valence-corrected chi connectivity index (χ2v) is 6.25. The van der Waals surface area contributed by atoms with Gasteiger partial charge in [0.25, 0.3) is 0 Å². The highest BCUT2D eigenvalue weighted by Crippen LogP contribution is 2.16. The first kappa shape index (κ1) is 17.1. The molecular weight excluding hydrogens is 284 g/mol. The van der Waals surface area contributed by atoms with Gasteiger partial charge in [0.2, 0.25) is 5.91 Å². The van der Waals surface area contributed by atoms with Crippen LogP contribution in [0.1, 0.15) is 38.3 Å². The molecule has 2 rings (SSSR count). The fourth-order valence-electron chi connectivity index (χ4n) is 2.35. The van der Waals surface area contributed by atoms with Gasteiger partial charge in [-0.25, -0.2) is 0 Å². The predicted octanol–water partition coefficient (Wildman–Crippen LogP) is 4.85. The van der Waals surface area contributed by atoms with E-state index in [2.05, 4.69) is 41.8 Å². The van der Waals surface area contributed by atoms with Crippen molar-refractivity contribution in [1.29, 1.82) is 0 Å². The molecule has 0 aliphatic carbocycles. The fourth-order valence-corrected chi connectivity index (χ4v) is 2.35. The number of carbonyl (C=O) groups excluding carboxylic acids is 1. The van der Waals surface area contributed by atoms with Gasteiger partial charge < -0.3 is 10.6 Å². The van der Waals surface area contributed by atoms with Gasteiger partial charge >= 0.3 is 0 Å². The summed E-state index contributed by atoms with van der Waals surface area (Å²) < 4.78 is 0. The topological polar surface area (TPSA) is 41.1 Å². The van der Waals surface area contributed by atoms with Crippen LogP contribution < -0.4 is 10.6 Å². The molecule has 0 aliphatic heterocycles. The van der Waals surface area contributed by atoms with Gasteiger partial charge in [-0.3, -0.25) is 4.79 Å². The third kappa shape index (κ3) is 5.78. The Bertz CT molecular complexity index is 615. The van der Waals surface area contributed by atoms with Crippen LogP contribution >= 0.6 is 0 Å². The first-order valence-corrected chi connectivity index (χ1v) is 8.28. The Morgan fingerprint density at radius 3 is 2.04 bits per heavy atom. The second kappa shape index (κ2) is 8.37. The maximum absolute atomic E-state index is 11.7. The van der Waals surface area contributed by atoms with Gasteiger partial charge in [-0.15, -0.1) is 0 Å². The van der Waals surface area contributed by atoms with E-state index in [-0.39, 0.29) is 5.91 Å². The molecule has 0 atom stereocenters. The van der Waals surface area contributed by atoms with Crippen molar-refractivity contribution >= 4 is 17.3 Å². The van der Waals surface area contributed by atoms with E-state index < -0.39 is 0 Å². The van der Waals surface area contributed by atoms with E-state index >= 15 is 0 Å². The molecule has 0 aromatic heterocycles. The highest BCUT2D eigenvalue weighted by atomic mass is 16.1. The van der Waals surface area contributed by atoms with Crippen LogP contribution in [0.2, 0.25) is 0 Å². The minimum absolute atomic E-state index is 0.0664. The molecule has 2 aromatic carbocycles. The highest BCUT2D eigenvalue weighted by molar-refractivity contribution is 5.90. The second-order valence-electron chi connectivity index (χ2n) is 6.25. The minimum Gasteiger partial charge on any atom is -0.381 e. The molecular formula is C20H26N2O. The van der Waals surface area contributed by atoms with Crippen LogP contribution in [0.4, 0.5) is 11.4 Å². The van der Waals surface area contributed by atoms with Gasteiger partial charge in [0.05, 0.1) is 0 Å². The summed E-state index contributed by atoms with van der Waals surface area (Å²) in [5.41, 5.74) is 4.51. The normalized spacial score (nSPS) is 10.6. The first-order chi connectivity index (χ1) is 11.1. The van der Waals surface area contributed by atoms with E-state index in [4.69, 9.17) is 0 Å². The zero-order valence-corrected chi connectivity index (χ0v) is 14.2. The molecule has 0 bridgehead atoms. The van der Waals surface area contributed by atoms with E-state index in [1.165, 1.54) is 11.1 Å². The molecule has 1 amide bonds. The van der Waals surface area contributed by atoms with Crippen molar-refractivity contribution in [2.24, 2.45) is 5.92 Å². The Labute approximate surface area is 139 Å². The molecule has 0 saturated heterocycles. The highest BCUT2D eigenvalue weighted by Gasteiger charge is 2.05. The van der Waals surface area contributed by atoms with Crippen LogP contribution in [-0.4, -0.2) is 5.91 Å². The summed E-state index contributed by atoms with van der Waals surface area (Å²) >= 11 is 0. The van der Waals surface area contributed by atoms with Gasteiger partial charge in [-0.2, -0.15) is 0 Å². The quantitative estimate of drug-likeness (QED) is 0.768. The summed E-state index contributed by atoms with van der Waals surface area (Å²) in [6.45, 7) is 7.04. The van der Waals surface area contributed by atoms with Crippen molar-refractivity contribution in [3.63, 3.8) is 0 Å². The number of nitrogens with one attached hydrogen (secondary N) is 2. The molecule has 122 valence electrons. The Morgan fingerprint density at radius 2 is 1.48 bits per heavy atom. The summed E-state index contributed by atoms with van der Waals surface area (Å²) in [4.78, 5) is 11.7. The third-order valence-corrected chi connectivity index (χ3v) is 3.69. The summed E-state index contributed by atoms with van der Waals surface area (Å²) in [7, 11) is 0. The van der Waals surface area contributed by atoms with Crippen molar-refractivity contribution in [3.8, 4) is 0 Å². The average molecular weight is 310 g/mol. The van der Waals surface area contributed by atoms with Crippen molar-refractivity contribution < 1.29 is 4.79 Å². The van der Waals surface area contributed by atoms with Gasteiger partial charge in [0.1, 0.15) is 0 Å². The molecule has 0 fully saturated rings. The van der Waals surface area contributed by atoms with Crippen molar-refractivity contribution in [1.82, 2.24) is 0 Å². The van der Waals surface area contributed by atoms with E-state index in [1.54, 1.807) is 0 Å². The lowest BCUT2D eigenvalue weighted by Crippen LogP contribution is -2.13. The number of aryl methyl sites for hydroxylation is 1. The molecule has 0 spiro atoms. The lowest BCUT2D eigenvalue weighted by atomic mass is 10.1. The number of amides is 1. The number of hydrogen-bond acceptors (Lipinski definition) is 2. The van der Waals surface area contributed by atoms with Gasteiger partial charge in [0.15, 0.2) is 0 Å². The van der Waals surface area contributed by atoms with Crippen LogP contribution in [-0.2, 0) is 17.8 Å². The molecule has 3 heteroatoms. The Morgan fingerprint density at radius 1 is 0.913 bits per heavy atom. The number of benzene rings is 2. The predicted molar refractivity (Wildman–Crippen MR) is 97.7 cm³/mol. The van der Waals surface area contributed by atoms with Crippen LogP contribution in [0, 0.1) is 5.92 Å². The summed E-state index contributed by atoms with van der Waals surface area (Å²) in [5.74, 6) is 0.437. The number of hydrogen-bond donors (Lipinski definition) is 2. The lowest BCUT2D eigenvalue weighted by Gasteiger charge is -2.10. The van der Waals surface area contributed by atoms with E-state index in [9.17, 15) is 4.79 Å².